The SMILES string of the molecule is CCc1c(C(=O)N(C)CC(=O)O)cnn1CC(C)C. The van der Waals surface area contributed by atoms with Crippen molar-refractivity contribution in [2.24, 2.45) is 5.92 Å². The molecule has 106 valence electrons. The minimum atomic E-state index is -1.02. The summed E-state index contributed by atoms with van der Waals surface area (Å²) in [6.45, 7) is 6.57. The fourth-order valence-electron chi connectivity index (χ4n) is 1.95. The van der Waals surface area contributed by atoms with E-state index in [-0.39, 0.29) is 12.5 Å². The van der Waals surface area contributed by atoms with Crippen LogP contribution in [0.25, 0.3) is 0 Å². The average Bonchev–Trinajstić information content (AvgIpc) is 2.68. The van der Waals surface area contributed by atoms with Gasteiger partial charge in [-0.2, -0.15) is 5.10 Å². The molecule has 1 aromatic heterocycles. The maximum Gasteiger partial charge on any atom is 0.323 e. The summed E-state index contributed by atoms with van der Waals surface area (Å²) in [6.07, 6.45) is 2.22. The predicted octanol–water partition coefficient (Wildman–Crippen LogP) is 1.26. The van der Waals surface area contributed by atoms with Crippen LogP contribution in [0.4, 0.5) is 0 Å². The van der Waals surface area contributed by atoms with Crippen LogP contribution in [0, 0.1) is 5.92 Å². The Kier molecular flexibility index (Phi) is 5.09. The molecule has 1 heterocycles. The van der Waals surface area contributed by atoms with Crippen molar-refractivity contribution >= 4 is 11.9 Å². The first-order valence-electron chi connectivity index (χ1n) is 6.38. The lowest BCUT2D eigenvalue weighted by molar-refractivity contribution is -0.137. The van der Waals surface area contributed by atoms with Gasteiger partial charge >= 0.3 is 5.97 Å². The molecular formula is C13H21N3O3. The molecule has 0 fully saturated rings. The summed E-state index contributed by atoms with van der Waals surface area (Å²) < 4.78 is 1.83. The van der Waals surface area contributed by atoms with Gasteiger partial charge in [0.25, 0.3) is 5.91 Å². The number of carbonyl (C=O) groups is 2. The summed E-state index contributed by atoms with van der Waals surface area (Å²) in [5.74, 6) is -0.886. The molecule has 1 amide bonds. The number of carbonyl (C=O) groups excluding carboxylic acids is 1. The van der Waals surface area contributed by atoms with Crippen LogP contribution in [0.15, 0.2) is 6.20 Å². The van der Waals surface area contributed by atoms with Crippen molar-refractivity contribution in [3.05, 3.63) is 17.5 Å². The van der Waals surface area contributed by atoms with Gasteiger partial charge in [0.15, 0.2) is 0 Å². The molecule has 0 spiro atoms. The largest absolute Gasteiger partial charge is 0.480 e. The van der Waals surface area contributed by atoms with E-state index in [1.54, 1.807) is 0 Å². The zero-order chi connectivity index (χ0) is 14.6. The zero-order valence-corrected chi connectivity index (χ0v) is 11.9. The lowest BCUT2D eigenvalue weighted by Gasteiger charge is -2.15. The van der Waals surface area contributed by atoms with E-state index in [1.165, 1.54) is 18.1 Å². The standard InChI is InChI=1S/C13H21N3O3/c1-5-11-10(6-14-16(11)7-9(2)3)13(19)15(4)8-12(17)18/h6,9H,5,7-8H2,1-4H3,(H,17,18). The Morgan fingerprint density at radius 2 is 2.11 bits per heavy atom. The van der Waals surface area contributed by atoms with E-state index < -0.39 is 5.97 Å². The Labute approximate surface area is 113 Å². The van der Waals surface area contributed by atoms with Crippen LogP contribution in [0.3, 0.4) is 0 Å². The molecule has 0 saturated heterocycles. The Hall–Kier alpha value is -1.85. The smallest absolute Gasteiger partial charge is 0.323 e. The number of amides is 1. The Bertz CT molecular complexity index is 466. The summed E-state index contributed by atoms with van der Waals surface area (Å²) in [4.78, 5) is 24.0. The van der Waals surface area contributed by atoms with Gasteiger partial charge in [0, 0.05) is 13.6 Å². The monoisotopic (exact) mass is 267 g/mol. The maximum absolute atomic E-state index is 12.2. The van der Waals surface area contributed by atoms with Crippen LogP contribution in [-0.4, -0.2) is 45.3 Å². The predicted molar refractivity (Wildman–Crippen MR) is 71.0 cm³/mol. The second kappa shape index (κ2) is 6.36. The molecule has 0 saturated carbocycles. The summed E-state index contributed by atoms with van der Waals surface area (Å²) in [6, 6.07) is 0. The van der Waals surface area contributed by atoms with E-state index in [0.29, 0.717) is 17.9 Å². The Morgan fingerprint density at radius 1 is 1.47 bits per heavy atom. The lowest BCUT2D eigenvalue weighted by Crippen LogP contribution is -2.32. The number of rotatable bonds is 6. The average molecular weight is 267 g/mol. The van der Waals surface area contributed by atoms with Crippen molar-refractivity contribution in [1.29, 1.82) is 0 Å². The van der Waals surface area contributed by atoms with Crippen LogP contribution >= 0.6 is 0 Å². The number of aliphatic carboxylic acids is 1. The third-order valence-corrected chi connectivity index (χ3v) is 2.77. The quantitative estimate of drug-likeness (QED) is 0.842. The Balaban J connectivity index is 2.97. The van der Waals surface area contributed by atoms with Crippen LogP contribution in [0.2, 0.25) is 0 Å². The fraction of sp³-hybridized carbons (Fsp3) is 0.615. The summed E-state index contributed by atoms with van der Waals surface area (Å²) in [5, 5.41) is 12.9. The molecule has 0 unspecified atom stereocenters. The molecule has 1 rings (SSSR count). The number of carboxylic acid groups (broad SMARTS) is 1. The second-order valence-electron chi connectivity index (χ2n) is 4.99. The molecule has 0 bridgehead atoms. The number of nitrogens with zero attached hydrogens (tertiary/aromatic N) is 3. The summed E-state index contributed by atoms with van der Waals surface area (Å²) in [7, 11) is 1.48. The van der Waals surface area contributed by atoms with Crippen LogP contribution in [0.5, 0.6) is 0 Å². The van der Waals surface area contributed by atoms with Crippen molar-refractivity contribution in [2.45, 2.75) is 33.7 Å². The minimum absolute atomic E-state index is 0.297. The van der Waals surface area contributed by atoms with Crippen molar-refractivity contribution in [3.8, 4) is 0 Å². The third kappa shape index (κ3) is 3.81. The molecule has 0 aliphatic rings. The molecule has 1 aromatic rings. The van der Waals surface area contributed by atoms with E-state index in [1.807, 2.05) is 11.6 Å². The number of likely N-dealkylation sites (N-methyl/N-ethyl adjacent to an activating group) is 1. The molecule has 0 aromatic carbocycles. The van der Waals surface area contributed by atoms with Crippen molar-refractivity contribution in [1.82, 2.24) is 14.7 Å². The molecule has 0 radical (unpaired) electrons. The van der Waals surface area contributed by atoms with E-state index >= 15 is 0 Å². The van der Waals surface area contributed by atoms with Gasteiger partial charge in [-0.3, -0.25) is 14.3 Å². The van der Waals surface area contributed by atoms with Crippen molar-refractivity contribution in [2.75, 3.05) is 13.6 Å². The zero-order valence-electron chi connectivity index (χ0n) is 11.9. The summed E-state index contributed by atoms with van der Waals surface area (Å²) in [5.41, 5.74) is 1.35. The van der Waals surface area contributed by atoms with E-state index in [9.17, 15) is 9.59 Å². The van der Waals surface area contributed by atoms with Gasteiger partial charge in [-0.1, -0.05) is 20.8 Å². The molecule has 0 aliphatic heterocycles. The highest BCUT2D eigenvalue weighted by atomic mass is 16.4. The van der Waals surface area contributed by atoms with E-state index in [0.717, 1.165) is 12.2 Å². The first-order chi connectivity index (χ1) is 8.86. The van der Waals surface area contributed by atoms with E-state index in [2.05, 4.69) is 18.9 Å². The van der Waals surface area contributed by atoms with Gasteiger partial charge in [-0.15, -0.1) is 0 Å². The Morgan fingerprint density at radius 3 is 2.58 bits per heavy atom. The van der Waals surface area contributed by atoms with Gasteiger partial charge in [0.1, 0.15) is 6.54 Å². The van der Waals surface area contributed by atoms with Crippen molar-refractivity contribution < 1.29 is 14.7 Å². The van der Waals surface area contributed by atoms with Crippen LogP contribution in [0.1, 0.15) is 36.8 Å². The minimum Gasteiger partial charge on any atom is -0.480 e. The van der Waals surface area contributed by atoms with Gasteiger partial charge in [-0.05, 0) is 12.3 Å². The number of hydrogen-bond acceptors (Lipinski definition) is 3. The maximum atomic E-state index is 12.2. The first-order valence-corrected chi connectivity index (χ1v) is 6.38. The van der Waals surface area contributed by atoms with E-state index in [4.69, 9.17) is 5.11 Å². The molecule has 6 heteroatoms. The van der Waals surface area contributed by atoms with Crippen molar-refractivity contribution in [3.63, 3.8) is 0 Å². The highest BCUT2D eigenvalue weighted by Crippen LogP contribution is 2.13. The van der Waals surface area contributed by atoms with Gasteiger partial charge in [-0.25, -0.2) is 0 Å². The molecular weight excluding hydrogens is 246 g/mol. The topological polar surface area (TPSA) is 75.4 Å². The number of hydrogen-bond donors (Lipinski definition) is 1. The normalized spacial score (nSPS) is 10.8. The molecule has 1 N–H and O–H groups in total. The highest BCUT2D eigenvalue weighted by molar-refractivity contribution is 5.96. The van der Waals surface area contributed by atoms with Gasteiger partial charge in [0.2, 0.25) is 0 Å². The molecule has 0 atom stereocenters. The van der Waals surface area contributed by atoms with Gasteiger partial charge in [0.05, 0.1) is 17.5 Å². The molecule has 6 nitrogen and oxygen atoms in total. The first kappa shape index (κ1) is 15.2. The van der Waals surface area contributed by atoms with Gasteiger partial charge < -0.3 is 10.0 Å². The summed E-state index contributed by atoms with van der Waals surface area (Å²) >= 11 is 0. The second-order valence-corrected chi connectivity index (χ2v) is 4.99. The van der Waals surface area contributed by atoms with Crippen LogP contribution < -0.4 is 0 Å². The third-order valence-electron chi connectivity index (χ3n) is 2.77. The molecule has 0 aliphatic carbocycles. The lowest BCUT2D eigenvalue weighted by atomic mass is 10.1. The number of carboxylic acids is 1. The molecule has 19 heavy (non-hydrogen) atoms. The number of aromatic nitrogens is 2. The van der Waals surface area contributed by atoms with Crippen LogP contribution in [-0.2, 0) is 17.8 Å². The highest BCUT2D eigenvalue weighted by Gasteiger charge is 2.21. The fourth-order valence-corrected chi connectivity index (χ4v) is 1.95.